The third-order valence-corrected chi connectivity index (χ3v) is 4.54. The van der Waals surface area contributed by atoms with Gasteiger partial charge in [0.1, 0.15) is 5.82 Å². The van der Waals surface area contributed by atoms with E-state index < -0.39 is 0 Å². The van der Waals surface area contributed by atoms with Gasteiger partial charge in [0.25, 0.3) is 0 Å². The highest BCUT2D eigenvalue weighted by Crippen LogP contribution is 2.36. The predicted molar refractivity (Wildman–Crippen MR) is 90.8 cm³/mol. The molecule has 0 aromatic heterocycles. The van der Waals surface area contributed by atoms with Crippen molar-refractivity contribution in [2.45, 2.75) is 38.6 Å². The molecule has 5 heteroatoms. The largest absolute Gasteiger partial charge is 0.493 e. The van der Waals surface area contributed by atoms with E-state index in [1.165, 1.54) is 26.0 Å². The zero-order valence-corrected chi connectivity index (χ0v) is 14.5. The second kappa shape index (κ2) is 9.08. The van der Waals surface area contributed by atoms with Gasteiger partial charge >= 0.3 is 0 Å². The molecule has 0 spiro atoms. The van der Waals surface area contributed by atoms with Crippen molar-refractivity contribution in [1.82, 2.24) is 10.2 Å². The lowest BCUT2D eigenvalue weighted by atomic mass is 9.97. The highest BCUT2D eigenvalue weighted by Gasteiger charge is 2.26. The van der Waals surface area contributed by atoms with Crippen molar-refractivity contribution >= 4 is 0 Å². The summed E-state index contributed by atoms with van der Waals surface area (Å²) in [5, 5.41) is 3.36. The summed E-state index contributed by atoms with van der Waals surface area (Å²) in [6, 6.07) is 3.36. The van der Waals surface area contributed by atoms with Gasteiger partial charge in [-0.1, -0.05) is 26.2 Å². The number of piperazine rings is 1. The Bertz CT molecular complexity index is 490. The Balaban J connectivity index is 2.29. The van der Waals surface area contributed by atoms with Crippen molar-refractivity contribution in [2.24, 2.45) is 0 Å². The van der Waals surface area contributed by atoms with Gasteiger partial charge in [-0.05, 0) is 12.5 Å². The fraction of sp³-hybridized carbons (Fsp3) is 0.667. The molecule has 0 saturated carbocycles. The van der Waals surface area contributed by atoms with Gasteiger partial charge in [-0.2, -0.15) is 0 Å². The van der Waals surface area contributed by atoms with E-state index >= 15 is 0 Å². The van der Waals surface area contributed by atoms with Crippen LogP contribution in [0.5, 0.6) is 11.5 Å². The number of hydrogen-bond acceptors (Lipinski definition) is 4. The Morgan fingerprint density at radius 1 is 1.13 bits per heavy atom. The highest BCUT2D eigenvalue weighted by atomic mass is 19.1. The molecule has 0 amide bonds. The number of ether oxygens (including phenoxy) is 2. The third-order valence-electron chi connectivity index (χ3n) is 4.54. The van der Waals surface area contributed by atoms with Crippen LogP contribution >= 0.6 is 0 Å². The van der Waals surface area contributed by atoms with Gasteiger partial charge in [0, 0.05) is 43.9 Å². The molecule has 1 aliphatic rings. The van der Waals surface area contributed by atoms with Crippen LogP contribution in [0.15, 0.2) is 12.1 Å². The molecule has 1 heterocycles. The van der Waals surface area contributed by atoms with Crippen LogP contribution in [-0.2, 0) is 0 Å². The number of unbranched alkanes of at least 4 members (excludes halogenated alkanes) is 2. The van der Waals surface area contributed by atoms with E-state index in [1.54, 1.807) is 7.11 Å². The smallest absolute Gasteiger partial charge is 0.163 e. The maximum atomic E-state index is 14.7. The molecular formula is C18H29FN2O2. The molecule has 0 aliphatic carbocycles. The van der Waals surface area contributed by atoms with Crippen molar-refractivity contribution in [1.29, 1.82) is 0 Å². The molecule has 1 atom stereocenters. The Kier molecular flexibility index (Phi) is 7.12. The van der Waals surface area contributed by atoms with Gasteiger partial charge < -0.3 is 14.8 Å². The Morgan fingerprint density at radius 2 is 1.78 bits per heavy atom. The van der Waals surface area contributed by atoms with E-state index in [4.69, 9.17) is 9.47 Å². The van der Waals surface area contributed by atoms with Crippen molar-refractivity contribution < 1.29 is 13.9 Å². The van der Waals surface area contributed by atoms with E-state index in [2.05, 4.69) is 17.1 Å². The lowest BCUT2D eigenvalue weighted by Gasteiger charge is -2.35. The van der Waals surface area contributed by atoms with Gasteiger partial charge in [-0.3, -0.25) is 4.90 Å². The molecule has 1 aliphatic heterocycles. The molecule has 4 nitrogen and oxygen atoms in total. The minimum atomic E-state index is -0.206. The van der Waals surface area contributed by atoms with E-state index in [0.717, 1.165) is 44.6 Å². The molecule has 130 valence electrons. The monoisotopic (exact) mass is 324 g/mol. The Hall–Kier alpha value is -1.33. The van der Waals surface area contributed by atoms with Crippen molar-refractivity contribution in [3.8, 4) is 11.5 Å². The van der Waals surface area contributed by atoms with Crippen molar-refractivity contribution in [3.05, 3.63) is 23.5 Å². The molecule has 1 N–H and O–H groups in total. The van der Waals surface area contributed by atoms with Crippen LogP contribution in [0.25, 0.3) is 0 Å². The minimum absolute atomic E-state index is 0.100. The molecule has 0 unspecified atom stereocenters. The Morgan fingerprint density at radius 3 is 2.39 bits per heavy atom. The first-order valence-corrected chi connectivity index (χ1v) is 8.57. The zero-order chi connectivity index (χ0) is 16.7. The first-order valence-electron chi connectivity index (χ1n) is 8.57. The summed E-state index contributed by atoms with van der Waals surface area (Å²) in [5.41, 5.74) is 0.723. The summed E-state index contributed by atoms with van der Waals surface area (Å²) in [4.78, 5) is 2.39. The van der Waals surface area contributed by atoms with Crippen LogP contribution in [0, 0.1) is 5.82 Å². The Labute approximate surface area is 139 Å². The van der Waals surface area contributed by atoms with Gasteiger partial charge in [-0.15, -0.1) is 0 Å². The molecule has 0 bridgehead atoms. The molecule has 0 radical (unpaired) electrons. The lowest BCUT2D eigenvalue weighted by molar-refractivity contribution is 0.159. The van der Waals surface area contributed by atoms with Crippen LogP contribution in [0.3, 0.4) is 0 Å². The molecule has 1 saturated heterocycles. The van der Waals surface area contributed by atoms with Gasteiger partial charge in [0.2, 0.25) is 0 Å². The summed E-state index contributed by atoms with van der Waals surface area (Å²) in [7, 11) is 3.13. The van der Waals surface area contributed by atoms with E-state index in [0.29, 0.717) is 11.5 Å². The number of halogens is 1. The predicted octanol–water partition coefficient (Wildman–Crippen LogP) is 3.37. The molecule has 1 aromatic carbocycles. The minimum Gasteiger partial charge on any atom is -0.493 e. The standard InChI is InChI=1S/C18H29FN2O2/c1-4-5-6-7-16(21-10-8-20-9-11-21)14-12-17(22-2)18(23-3)13-15(14)19/h12-13,16,20H,4-11H2,1-3H3/t16-/m0/s1. The fourth-order valence-corrected chi connectivity index (χ4v) is 3.24. The second-order valence-electron chi connectivity index (χ2n) is 6.03. The van der Waals surface area contributed by atoms with Crippen LogP contribution < -0.4 is 14.8 Å². The number of benzene rings is 1. The highest BCUT2D eigenvalue weighted by molar-refractivity contribution is 5.44. The summed E-state index contributed by atoms with van der Waals surface area (Å²) in [6.07, 6.45) is 4.43. The second-order valence-corrected chi connectivity index (χ2v) is 6.03. The molecule has 1 aromatic rings. The van der Waals surface area contributed by atoms with Gasteiger partial charge in [0.15, 0.2) is 11.5 Å². The fourth-order valence-electron chi connectivity index (χ4n) is 3.24. The number of rotatable bonds is 8. The third kappa shape index (κ3) is 4.58. The molecular weight excluding hydrogens is 295 g/mol. The van der Waals surface area contributed by atoms with E-state index in [-0.39, 0.29) is 11.9 Å². The number of methoxy groups -OCH3 is 2. The summed E-state index contributed by atoms with van der Waals surface area (Å²) >= 11 is 0. The molecule has 2 rings (SSSR count). The normalized spacial score (nSPS) is 17.0. The summed E-state index contributed by atoms with van der Waals surface area (Å²) < 4.78 is 25.3. The number of nitrogens with one attached hydrogen (secondary N) is 1. The maximum Gasteiger partial charge on any atom is 0.163 e. The van der Waals surface area contributed by atoms with Crippen molar-refractivity contribution in [2.75, 3.05) is 40.4 Å². The molecule has 23 heavy (non-hydrogen) atoms. The first-order chi connectivity index (χ1) is 11.2. The maximum absolute atomic E-state index is 14.7. The topological polar surface area (TPSA) is 33.7 Å². The number of hydrogen-bond donors (Lipinski definition) is 1. The van der Waals surface area contributed by atoms with Crippen molar-refractivity contribution in [3.63, 3.8) is 0 Å². The average Bonchev–Trinajstić information content (AvgIpc) is 2.60. The molecule has 1 fully saturated rings. The van der Waals surface area contributed by atoms with Crippen LogP contribution in [0.4, 0.5) is 4.39 Å². The van der Waals surface area contributed by atoms with E-state index in [1.807, 2.05) is 6.07 Å². The average molecular weight is 324 g/mol. The SMILES string of the molecule is CCCCC[C@@H](c1cc(OC)c(OC)cc1F)N1CCNCC1. The first kappa shape index (κ1) is 18.0. The van der Waals surface area contributed by atoms with Crippen LogP contribution in [-0.4, -0.2) is 45.3 Å². The van der Waals surface area contributed by atoms with Crippen LogP contribution in [0.1, 0.15) is 44.2 Å². The van der Waals surface area contributed by atoms with E-state index in [9.17, 15) is 4.39 Å². The van der Waals surface area contributed by atoms with Gasteiger partial charge in [0.05, 0.1) is 14.2 Å². The quantitative estimate of drug-likeness (QED) is 0.744. The summed E-state index contributed by atoms with van der Waals surface area (Å²) in [5.74, 6) is 0.837. The van der Waals surface area contributed by atoms with Crippen LogP contribution in [0.2, 0.25) is 0 Å². The lowest BCUT2D eigenvalue weighted by Crippen LogP contribution is -2.45. The van der Waals surface area contributed by atoms with Gasteiger partial charge in [-0.25, -0.2) is 4.39 Å². The number of nitrogens with zero attached hydrogens (tertiary/aromatic N) is 1. The summed E-state index contributed by atoms with van der Waals surface area (Å²) in [6.45, 7) is 6.00. The zero-order valence-electron chi connectivity index (χ0n) is 14.5.